The van der Waals surface area contributed by atoms with Crippen molar-refractivity contribution in [1.82, 2.24) is 30.6 Å². The Morgan fingerprint density at radius 1 is 1.09 bits per heavy atom. The molecule has 1 amide bonds. The summed E-state index contributed by atoms with van der Waals surface area (Å²) in [5.41, 5.74) is 5.89. The molecule has 0 radical (unpaired) electrons. The van der Waals surface area contributed by atoms with Crippen molar-refractivity contribution in [2.24, 2.45) is 4.99 Å². The number of fused-ring (bicyclic) bond motifs is 1. The smallest absolute Gasteiger partial charge is 0.260 e. The lowest BCUT2D eigenvalue weighted by Crippen LogP contribution is -2.47. The Labute approximate surface area is 124 Å². The summed E-state index contributed by atoms with van der Waals surface area (Å²) in [5.74, 6) is 1.01. The lowest BCUT2D eigenvalue weighted by Gasteiger charge is -2.16. The van der Waals surface area contributed by atoms with Crippen LogP contribution >= 0.6 is 0 Å². The van der Waals surface area contributed by atoms with E-state index in [1.165, 1.54) is 0 Å². The molecular weight excluding hydrogens is 282 g/mol. The minimum absolute atomic E-state index is 0.0710. The number of amides is 1. The molecule has 0 fully saturated rings. The van der Waals surface area contributed by atoms with Crippen molar-refractivity contribution in [1.29, 1.82) is 0 Å². The van der Waals surface area contributed by atoms with Gasteiger partial charge in [-0.15, -0.1) is 10.2 Å². The number of aliphatic imine (C=N–C) groups is 1. The Morgan fingerprint density at radius 3 is 2.68 bits per heavy atom. The van der Waals surface area contributed by atoms with E-state index in [4.69, 9.17) is 0 Å². The van der Waals surface area contributed by atoms with Crippen molar-refractivity contribution >= 4 is 22.5 Å². The van der Waals surface area contributed by atoms with Gasteiger partial charge in [0.1, 0.15) is 18.6 Å². The molecule has 0 saturated carbocycles. The zero-order valence-corrected chi connectivity index (χ0v) is 11.4. The Bertz CT molecular complexity index is 885. The van der Waals surface area contributed by atoms with Gasteiger partial charge in [0.25, 0.3) is 5.91 Å². The highest BCUT2D eigenvalue weighted by molar-refractivity contribution is 6.10. The van der Waals surface area contributed by atoms with E-state index < -0.39 is 0 Å². The highest BCUT2D eigenvalue weighted by Gasteiger charge is 2.18. The number of carbonyl (C=O) groups excluding carboxylic acids is 1. The van der Waals surface area contributed by atoms with Gasteiger partial charge in [0.05, 0.1) is 0 Å². The molecule has 3 heterocycles. The van der Waals surface area contributed by atoms with Crippen LogP contribution in [0.4, 0.5) is 0 Å². The lowest BCUT2D eigenvalue weighted by atomic mass is 10.1. The number of hydrogen-bond acceptors (Lipinski definition) is 6. The summed E-state index contributed by atoms with van der Waals surface area (Å²) in [6.07, 6.45) is 5.17. The molecule has 8 nitrogen and oxygen atoms in total. The van der Waals surface area contributed by atoms with Crippen LogP contribution in [0, 0.1) is 0 Å². The summed E-state index contributed by atoms with van der Waals surface area (Å²) in [6.45, 7) is 0.0710. The van der Waals surface area contributed by atoms with Crippen LogP contribution in [-0.2, 0) is 4.79 Å². The van der Waals surface area contributed by atoms with Crippen LogP contribution in [0.15, 0.2) is 48.0 Å². The number of rotatable bonds is 2. The number of nitrogens with one attached hydrogen (secondary N) is 2. The van der Waals surface area contributed by atoms with E-state index in [9.17, 15) is 4.79 Å². The summed E-state index contributed by atoms with van der Waals surface area (Å²) in [4.78, 5) is 19.4. The molecule has 4 rings (SSSR count). The minimum atomic E-state index is -0.184. The van der Waals surface area contributed by atoms with E-state index in [0.717, 1.165) is 10.8 Å². The molecule has 0 spiro atoms. The van der Waals surface area contributed by atoms with E-state index in [2.05, 4.69) is 31.0 Å². The zero-order valence-electron chi connectivity index (χ0n) is 11.4. The first-order valence-electron chi connectivity index (χ1n) is 6.66. The molecule has 3 aromatic rings. The highest BCUT2D eigenvalue weighted by Crippen LogP contribution is 2.22. The predicted molar refractivity (Wildman–Crippen MR) is 79.3 cm³/mol. The summed E-state index contributed by atoms with van der Waals surface area (Å²) in [5, 5.41) is 10.4. The Hall–Kier alpha value is -3.29. The van der Waals surface area contributed by atoms with Crippen molar-refractivity contribution in [2.75, 3.05) is 6.54 Å². The van der Waals surface area contributed by atoms with Crippen molar-refractivity contribution in [3.63, 3.8) is 0 Å². The normalized spacial score (nSPS) is 14.4. The van der Waals surface area contributed by atoms with Crippen molar-refractivity contribution in [3.8, 4) is 5.82 Å². The number of hydrogen-bond donors (Lipinski definition) is 2. The van der Waals surface area contributed by atoms with Gasteiger partial charge in [-0.1, -0.05) is 24.3 Å². The monoisotopic (exact) mass is 293 g/mol. The standard InChI is InChI=1S/C14H11N7O/c22-11-7-16-13(19-17-11)12-9-3-1-2-4-10(9)14(20-18-12)21-6-5-15-8-21/h1-6,8H,7H2,(H,16,19)(H,17,22). The molecular formula is C14H11N7O. The van der Waals surface area contributed by atoms with Crippen LogP contribution in [0.2, 0.25) is 0 Å². The predicted octanol–water partition coefficient (Wildman–Crippen LogP) is 0.196. The van der Waals surface area contributed by atoms with Gasteiger partial charge >= 0.3 is 0 Å². The number of amidine groups is 1. The third kappa shape index (κ3) is 1.97. The average molecular weight is 293 g/mol. The topological polar surface area (TPSA) is 97.1 Å². The molecule has 0 saturated heterocycles. The number of aromatic nitrogens is 4. The molecule has 2 N–H and O–H groups in total. The summed E-state index contributed by atoms with van der Waals surface area (Å²) in [6, 6.07) is 7.77. The second-order valence-corrected chi connectivity index (χ2v) is 4.73. The van der Waals surface area contributed by atoms with E-state index in [1.54, 1.807) is 17.1 Å². The molecule has 1 aliphatic rings. The van der Waals surface area contributed by atoms with Crippen LogP contribution in [0.1, 0.15) is 5.69 Å². The van der Waals surface area contributed by atoms with Crippen LogP contribution < -0.4 is 10.9 Å². The number of benzene rings is 1. The molecule has 2 aromatic heterocycles. The van der Waals surface area contributed by atoms with Crippen molar-refractivity contribution in [2.45, 2.75) is 0 Å². The summed E-state index contributed by atoms with van der Waals surface area (Å²) in [7, 11) is 0. The van der Waals surface area contributed by atoms with E-state index >= 15 is 0 Å². The summed E-state index contributed by atoms with van der Waals surface area (Å²) < 4.78 is 1.80. The van der Waals surface area contributed by atoms with Crippen LogP contribution in [-0.4, -0.2) is 38.0 Å². The quantitative estimate of drug-likeness (QED) is 0.703. The van der Waals surface area contributed by atoms with Crippen molar-refractivity contribution < 1.29 is 4.79 Å². The molecule has 1 aromatic carbocycles. The Balaban J connectivity index is 1.92. The first-order valence-corrected chi connectivity index (χ1v) is 6.66. The highest BCUT2D eigenvalue weighted by atomic mass is 16.2. The third-order valence-corrected chi connectivity index (χ3v) is 3.34. The van der Waals surface area contributed by atoms with Gasteiger partial charge in [0.2, 0.25) is 0 Å². The molecule has 0 bridgehead atoms. The maximum Gasteiger partial charge on any atom is 0.260 e. The van der Waals surface area contributed by atoms with Crippen molar-refractivity contribution in [3.05, 3.63) is 48.7 Å². The van der Waals surface area contributed by atoms with E-state index in [1.807, 2.05) is 30.5 Å². The van der Waals surface area contributed by atoms with Gasteiger partial charge < -0.3 is 0 Å². The molecule has 0 unspecified atom stereocenters. The maximum absolute atomic E-state index is 11.2. The van der Waals surface area contributed by atoms with Crippen LogP contribution in [0.5, 0.6) is 0 Å². The van der Waals surface area contributed by atoms with Gasteiger partial charge in [-0.05, 0) is 0 Å². The third-order valence-electron chi connectivity index (χ3n) is 3.34. The Kier molecular flexibility index (Phi) is 2.78. The van der Waals surface area contributed by atoms with Gasteiger partial charge in [-0.25, -0.2) is 4.98 Å². The number of carbonyl (C=O) groups is 1. The molecule has 108 valence electrons. The second-order valence-electron chi connectivity index (χ2n) is 4.73. The number of hydrazine groups is 1. The number of imidazole rings is 1. The molecule has 22 heavy (non-hydrogen) atoms. The maximum atomic E-state index is 11.2. The second kappa shape index (κ2) is 4.92. The van der Waals surface area contributed by atoms with Crippen LogP contribution in [0.25, 0.3) is 16.6 Å². The van der Waals surface area contributed by atoms with Gasteiger partial charge in [-0.3, -0.25) is 25.2 Å². The van der Waals surface area contributed by atoms with Gasteiger partial charge in [0.15, 0.2) is 11.7 Å². The fourth-order valence-corrected chi connectivity index (χ4v) is 2.33. The average Bonchev–Trinajstić information content (AvgIpc) is 3.09. The van der Waals surface area contributed by atoms with Crippen LogP contribution in [0.3, 0.4) is 0 Å². The fraction of sp³-hybridized carbons (Fsp3) is 0.0714. The molecule has 0 atom stereocenters. The Morgan fingerprint density at radius 2 is 1.95 bits per heavy atom. The summed E-state index contributed by atoms with van der Waals surface area (Å²) >= 11 is 0. The molecule has 0 aliphatic carbocycles. The SMILES string of the molecule is O=C1CN=C(c2nnc(-n3ccnc3)c3ccccc23)NN1. The molecule has 8 heteroatoms. The first-order chi connectivity index (χ1) is 10.8. The molecule has 1 aliphatic heterocycles. The van der Waals surface area contributed by atoms with E-state index in [0.29, 0.717) is 17.3 Å². The first kappa shape index (κ1) is 12.5. The minimum Gasteiger partial charge on any atom is -0.289 e. The fourth-order valence-electron chi connectivity index (χ4n) is 2.33. The number of nitrogens with zero attached hydrogens (tertiary/aromatic N) is 5. The van der Waals surface area contributed by atoms with Gasteiger partial charge in [-0.2, -0.15) is 0 Å². The van der Waals surface area contributed by atoms with Gasteiger partial charge in [0, 0.05) is 23.2 Å². The largest absolute Gasteiger partial charge is 0.289 e. The zero-order chi connectivity index (χ0) is 14.9. The lowest BCUT2D eigenvalue weighted by molar-refractivity contribution is -0.120. The van der Waals surface area contributed by atoms with E-state index in [-0.39, 0.29) is 12.5 Å².